The first-order valence-electron chi connectivity index (χ1n) is 6.17. The molecule has 2 aromatic carbocycles. The molecule has 0 aromatic heterocycles. The molecule has 0 aliphatic carbocycles. The summed E-state index contributed by atoms with van der Waals surface area (Å²) in [4.78, 5) is 10.9. The molecule has 4 nitrogen and oxygen atoms in total. The molecule has 2 rings (SSSR count). The van der Waals surface area contributed by atoms with Crippen LogP contribution in [-0.2, 0) is 6.42 Å². The fraction of sp³-hybridized carbons (Fsp3) is 0.133. The minimum atomic E-state index is -0.958. The van der Waals surface area contributed by atoms with Crippen LogP contribution in [0.25, 0.3) is 0 Å². The maximum atomic E-state index is 10.9. The normalized spacial score (nSPS) is 10.2. The third kappa shape index (κ3) is 3.74. The van der Waals surface area contributed by atoms with Crippen molar-refractivity contribution in [2.24, 2.45) is 0 Å². The van der Waals surface area contributed by atoms with Crippen LogP contribution in [0.15, 0.2) is 46.9 Å². The van der Waals surface area contributed by atoms with Crippen molar-refractivity contribution in [3.63, 3.8) is 0 Å². The molecule has 4 N–H and O–H groups in total. The maximum absolute atomic E-state index is 10.9. The Morgan fingerprint density at radius 3 is 2.75 bits per heavy atom. The molecule has 0 aliphatic heterocycles. The monoisotopic (exact) mass is 334 g/mol. The Labute approximate surface area is 125 Å². The van der Waals surface area contributed by atoms with E-state index in [9.17, 15) is 4.79 Å². The summed E-state index contributed by atoms with van der Waals surface area (Å²) in [5.41, 5.74) is 8.45. The van der Waals surface area contributed by atoms with Crippen molar-refractivity contribution in [1.29, 1.82) is 0 Å². The van der Waals surface area contributed by atoms with Crippen LogP contribution in [0.3, 0.4) is 0 Å². The van der Waals surface area contributed by atoms with Gasteiger partial charge in [0.2, 0.25) is 0 Å². The van der Waals surface area contributed by atoms with E-state index in [-0.39, 0.29) is 5.56 Å². The van der Waals surface area contributed by atoms with Gasteiger partial charge in [0.15, 0.2) is 0 Å². The highest BCUT2D eigenvalue weighted by Gasteiger charge is 2.06. The van der Waals surface area contributed by atoms with Crippen LogP contribution >= 0.6 is 15.9 Å². The second-order valence-electron chi connectivity index (χ2n) is 4.41. The Morgan fingerprint density at radius 2 is 2.05 bits per heavy atom. The molecule has 0 radical (unpaired) electrons. The van der Waals surface area contributed by atoms with E-state index in [1.54, 1.807) is 12.1 Å². The van der Waals surface area contributed by atoms with E-state index in [0.29, 0.717) is 17.9 Å². The van der Waals surface area contributed by atoms with Gasteiger partial charge in [-0.1, -0.05) is 28.1 Å². The van der Waals surface area contributed by atoms with Gasteiger partial charge in [-0.3, -0.25) is 0 Å². The first kappa shape index (κ1) is 14.4. The van der Waals surface area contributed by atoms with E-state index in [0.717, 1.165) is 10.9 Å². The molecule has 0 saturated heterocycles. The number of carboxylic acids is 1. The van der Waals surface area contributed by atoms with Gasteiger partial charge in [0.05, 0.1) is 16.9 Å². The second-order valence-corrected chi connectivity index (χ2v) is 5.33. The van der Waals surface area contributed by atoms with Gasteiger partial charge in [-0.05, 0) is 42.3 Å². The van der Waals surface area contributed by atoms with Gasteiger partial charge in [-0.15, -0.1) is 0 Å². The van der Waals surface area contributed by atoms with E-state index in [4.69, 9.17) is 10.8 Å². The lowest BCUT2D eigenvalue weighted by Gasteiger charge is -2.10. The van der Waals surface area contributed by atoms with Crippen molar-refractivity contribution in [1.82, 2.24) is 0 Å². The van der Waals surface area contributed by atoms with Crippen molar-refractivity contribution < 1.29 is 9.90 Å². The molecule has 0 fully saturated rings. The highest BCUT2D eigenvalue weighted by atomic mass is 79.9. The Bertz CT molecular complexity index is 629. The summed E-state index contributed by atoms with van der Waals surface area (Å²) in [6.45, 7) is 0.684. The largest absolute Gasteiger partial charge is 0.478 e. The van der Waals surface area contributed by atoms with Gasteiger partial charge in [0.1, 0.15) is 0 Å². The molecule has 0 amide bonds. The fourth-order valence-corrected chi connectivity index (χ4v) is 2.32. The molecule has 5 heteroatoms. The fourth-order valence-electron chi connectivity index (χ4n) is 1.88. The topological polar surface area (TPSA) is 75.4 Å². The van der Waals surface area contributed by atoms with E-state index < -0.39 is 5.97 Å². The Kier molecular flexibility index (Phi) is 4.63. The number of rotatable bonds is 5. The third-order valence-corrected chi connectivity index (χ3v) is 3.41. The zero-order chi connectivity index (χ0) is 14.5. The first-order chi connectivity index (χ1) is 9.56. The molecule has 104 valence electrons. The quantitative estimate of drug-likeness (QED) is 0.732. The van der Waals surface area contributed by atoms with Crippen LogP contribution in [0.4, 0.5) is 11.4 Å². The van der Waals surface area contributed by atoms with Gasteiger partial charge >= 0.3 is 5.97 Å². The minimum absolute atomic E-state index is 0.226. The van der Waals surface area contributed by atoms with E-state index >= 15 is 0 Å². The predicted molar refractivity (Wildman–Crippen MR) is 84.1 cm³/mol. The standard InChI is InChI=1S/C15H15BrN2O2/c16-12-3-1-2-10(8-12)6-7-18-14-9-11(15(19)20)4-5-13(14)17/h1-5,8-9,18H,6-7,17H2,(H,19,20). The first-order valence-corrected chi connectivity index (χ1v) is 6.96. The summed E-state index contributed by atoms with van der Waals surface area (Å²) in [5, 5.41) is 12.1. The summed E-state index contributed by atoms with van der Waals surface area (Å²) in [7, 11) is 0. The van der Waals surface area contributed by atoms with Crippen LogP contribution in [-0.4, -0.2) is 17.6 Å². The molecule has 2 aromatic rings. The Balaban J connectivity index is 2.00. The highest BCUT2D eigenvalue weighted by Crippen LogP contribution is 2.20. The molecule has 20 heavy (non-hydrogen) atoms. The number of nitrogens with one attached hydrogen (secondary N) is 1. The number of nitrogens with two attached hydrogens (primary N) is 1. The van der Waals surface area contributed by atoms with Gasteiger partial charge in [-0.2, -0.15) is 0 Å². The smallest absolute Gasteiger partial charge is 0.335 e. The van der Waals surface area contributed by atoms with Crippen LogP contribution in [0, 0.1) is 0 Å². The highest BCUT2D eigenvalue weighted by molar-refractivity contribution is 9.10. The number of hydrogen-bond acceptors (Lipinski definition) is 3. The molecule has 0 atom stereocenters. The molecule has 0 saturated carbocycles. The summed E-state index contributed by atoms with van der Waals surface area (Å²) in [5.74, 6) is -0.958. The van der Waals surface area contributed by atoms with Crippen molar-refractivity contribution in [2.75, 3.05) is 17.6 Å². The maximum Gasteiger partial charge on any atom is 0.335 e. The molecular weight excluding hydrogens is 320 g/mol. The molecular formula is C15H15BrN2O2. The lowest BCUT2D eigenvalue weighted by Crippen LogP contribution is -2.08. The average Bonchev–Trinajstić information content (AvgIpc) is 2.40. The number of halogens is 1. The van der Waals surface area contributed by atoms with E-state index in [1.807, 2.05) is 18.2 Å². The number of carbonyl (C=O) groups is 1. The number of anilines is 2. The minimum Gasteiger partial charge on any atom is -0.478 e. The number of hydrogen-bond donors (Lipinski definition) is 3. The SMILES string of the molecule is Nc1ccc(C(=O)O)cc1NCCc1cccc(Br)c1. The summed E-state index contributed by atoms with van der Waals surface area (Å²) >= 11 is 3.43. The van der Waals surface area contributed by atoms with E-state index in [1.165, 1.54) is 11.6 Å². The van der Waals surface area contributed by atoms with Gasteiger partial charge in [-0.25, -0.2) is 4.79 Å². The van der Waals surface area contributed by atoms with E-state index in [2.05, 4.69) is 27.3 Å². The molecule has 0 heterocycles. The zero-order valence-corrected chi connectivity index (χ0v) is 12.4. The van der Waals surface area contributed by atoms with Crippen LogP contribution < -0.4 is 11.1 Å². The van der Waals surface area contributed by atoms with Crippen molar-refractivity contribution in [3.8, 4) is 0 Å². The molecule has 0 spiro atoms. The number of carboxylic acid groups (broad SMARTS) is 1. The predicted octanol–water partition coefficient (Wildman–Crippen LogP) is 3.38. The van der Waals surface area contributed by atoms with Crippen LogP contribution in [0.1, 0.15) is 15.9 Å². The molecule has 0 aliphatic rings. The van der Waals surface area contributed by atoms with Gasteiger partial charge in [0.25, 0.3) is 0 Å². The third-order valence-electron chi connectivity index (χ3n) is 2.92. The van der Waals surface area contributed by atoms with Crippen molar-refractivity contribution >= 4 is 33.3 Å². The summed E-state index contributed by atoms with van der Waals surface area (Å²) < 4.78 is 1.04. The number of benzene rings is 2. The Morgan fingerprint density at radius 1 is 1.25 bits per heavy atom. The van der Waals surface area contributed by atoms with Crippen LogP contribution in [0.2, 0.25) is 0 Å². The molecule has 0 bridgehead atoms. The van der Waals surface area contributed by atoms with Crippen molar-refractivity contribution in [3.05, 3.63) is 58.1 Å². The number of nitrogen functional groups attached to an aromatic ring is 1. The number of aromatic carboxylic acids is 1. The lowest BCUT2D eigenvalue weighted by molar-refractivity contribution is 0.0697. The summed E-state index contributed by atoms with van der Waals surface area (Å²) in [6, 6.07) is 12.7. The lowest BCUT2D eigenvalue weighted by atomic mass is 10.1. The summed E-state index contributed by atoms with van der Waals surface area (Å²) in [6.07, 6.45) is 0.830. The van der Waals surface area contributed by atoms with Crippen LogP contribution in [0.5, 0.6) is 0 Å². The van der Waals surface area contributed by atoms with Crippen molar-refractivity contribution in [2.45, 2.75) is 6.42 Å². The second kappa shape index (κ2) is 6.43. The average molecular weight is 335 g/mol. The Hall–Kier alpha value is -2.01. The van der Waals surface area contributed by atoms with Gasteiger partial charge in [0, 0.05) is 11.0 Å². The zero-order valence-electron chi connectivity index (χ0n) is 10.8. The molecule has 0 unspecified atom stereocenters. The van der Waals surface area contributed by atoms with Gasteiger partial charge < -0.3 is 16.2 Å².